The van der Waals surface area contributed by atoms with Crippen molar-refractivity contribution < 1.29 is 34.2 Å². The molecule has 0 aliphatic rings. The maximum Gasteiger partial charge on any atom is 0.326 e. The molecule has 1 aromatic carbocycles. The summed E-state index contributed by atoms with van der Waals surface area (Å²) in [4.78, 5) is 61.7. The monoisotopic (exact) mass is 553 g/mol. The van der Waals surface area contributed by atoms with E-state index in [1.165, 1.54) is 23.9 Å². The van der Waals surface area contributed by atoms with E-state index in [2.05, 4.69) is 16.0 Å². The second kappa shape index (κ2) is 16.5. The number of primary amides is 1. The zero-order valence-electron chi connectivity index (χ0n) is 21.9. The average molecular weight is 554 g/mol. The molecule has 38 heavy (non-hydrogen) atoms. The van der Waals surface area contributed by atoms with Crippen LogP contribution in [0.5, 0.6) is 5.75 Å². The van der Waals surface area contributed by atoms with Gasteiger partial charge in [0.1, 0.15) is 23.9 Å². The van der Waals surface area contributed by atoms with Crippen molar-refractivity contribution in [2.45, 2.75) is 70.1 Å². The second-order valence-corrected chi connectivity index (χ2v) is 10.4. The number of thioether (sulfide) groups is 1. The Hall–Kier alpha value is -3.32. The van der Waals surface area contributed by atoms with Gasteiger partial charge >= 0.3 is 5.97 Å². The van der Waals surface area contributed by atoms with Crippen molar-refractivity contribution in [3.63, 3.8) is 0 Å². The van der Waals surface area contributed by atoms with Gasteiger partial charge in [0.05, 0.1) is 6.04 Å². The predicted octanol–water partition coefficient (Wildman–Crippen LogP) is -0.134. The number of carboxylic acids is 1. The van der Waals surface area contributed by atoms with Crippen LogP contribution in [0.2, 0.25) is 0 Å². The molecular formula is C25H39N5O7S. The molecule has 4 atom stereocenters. The lowest BCUT2D eigenvalue weighted by Crippen LogP contribution is -2.57. The third-order valence-electron chi connectivity index (χ3n) is 5.61. The number of nitrogens with one attached hydrogen (secondary N) is 3. The van der Waals surface area contributed by atoms with E-state index in [1.807, 2.05) is 20.1 Å². The first-order valence-corrected chi connectivity index (χ1v) is 13.7. The van der Waals surface area contributed by atoms with Crippen LogP contribution in [0.3, 0.4) is 0 Å². The van der Waals surface area contributed by atoms with E-state index in [1.54, 1.807) is 12.1 Å². The normalized spacial score (nSPS) is 14.1. The van der Waals surface area contributed by atoms with Crippen molar-refractivity contribution in [3.05, 3.63) is 29.8 Å². The zero-order chi connectivity index (χ0) is 28.8. The number of rotatable bonds is 17. The minimum absolute atomic E-state index is 0.0378. The molecule has 0 heterocycles. The Kier molecular flexibility index (Phi) is 14.2. The SMILES string of the molecule is CSCCC(NC(=O)C(Cc1ccc(O)cc1)NC(=O)C(N)CC(C)C)C(=O)NC(CCC(N)=O)C(=O)O. The molecule has 1 rings (SSSR count). The lowest BCUT2D eigenvalue weighted by atomic mass is 10.0. The smallest absolute Gasteiger partial charge is 0.326 e. The number of hydrogen-bond acceptors (Lipinski definition) is 8. The van der Waals surface area contributed by atoms with Gasteiger partial charge in [0, 0.05) is 12.8 Å². The van der Waals surface area contributed by atoms with Gasteiger partial charge in [0.25, 0.3) is 0 Å². The van der Waals surface area contributed by atoms with Crippen LogP contribution in [0.15, 0.2) is 24.3 Å². The summed E-state index contributed by atoms with van der Waals surface area (Å²) in [6.07, 6.45) is 2.02. The van der Waals surface area contributed by atoms with Crippen LogP contribution in [-0.4, -0.2) is 76.0 Å². The fraction of sp³-hybridized carbons (Fsp3) is 0.560. The summed E-state index contributed by atoms with van der Waals surface area (Å²) < 4.78 is 0. The summed E-state index contributed by atoms with van der Waals surface area (Å²) in [6.45, 7) is 3.83. The van der Waals surface area contributed by atoms with E-state index in [4.69, 9.17) is 11.5 Å². The Bertz CT molecular complexity index is 958. The molecule has 13 heteroatoms. The van der Waals surface area contributed by atoms with Gasteiger partial charge in [0.2, 0.25) is 23.6 Å². The predicted molar refractivity (Wildman–Crippen MR) is 144 cm³/mol. The number of phenolic OH excluding ortho intramolecular Hbond substituents is 1. The molecule has 12 nitrogen and oxygen atoms in total. The Labute approximate surface area is 226 Å². The van der Waals surface area contributed by atoms with Gasteiger partial charge in [-0.3, -0.25) is 19.2 Å². The van der Waals surface area contributed by atoms with Gasteiger partial charge in [0.15, 0.2) is 0 Å². The summed E-state index contributed by atoms with van der Waals surface area (Å²) in [5, 5.41) is 26.6. The molecule has 9 N–H and O–H groups in total. The summed E-state index contributed by atoms with van der Waals surface area (Å²) in [7, 11) is 0. The fourth-order valence-corrected chi connectivity index (χ4v) is 4.04. The van der Waals surface area contributed by atoms with Gasteiger partial charge in [-0.15, -0.1) is 0 Å². The molecule has 212 valence electrons. The number of aliphatic carboxylic acids is 1. The minimum Gasteiger partial charge on any atom is -0.508 e. The van der Waals surface area contributed by atoms with Gasteiger partial charge in [-0.05, 0) is 54.9 Å². The van der Waals surface area contributed by atoms with E-state index in [-0.39, 0.29) is 37.4 Å². The van der Waals surface area contributed by atoms with E-state index in [9.17, 15) is 34.2 Å². The summed E-state index contributed by atoms with van der Waals surface area (Å²) in [6, 6.07) is 1.68. The summed E-state index contributed by atoms with van der Waals surface area (Å²) in [5.74, 6) is -3.31. The highest BCUT2D eigenvalue weighted by molar-refractivity contribution is 7.98. The molecule has 0 aliphatic heterocycles. The molecular weight excluding hydrogens is 514 g/mol. The molecule has 0 spiro atoms. The van der Waals surface area contributed by atoms with Crippen LogP contribution in [0.4, 0.5) is 0 Å². The first-order chi connectivity index (χ1) is 17.8. The van der Waals surface area contributed by atoms with Crippen molar-refractivity contribution in [1.29, 1.82) is 0 Å². The fourth-order valence-electron chi connectivity index (χ4n) is 3.56. The largest absolute Gasteiger partial charge is 0.508 e. The molecule has 0 saturated carbocycles. The average Bonchev–Trinajstić information content (AvgIpc) is 2.83. The van der Waals surface area contributed by atoms with Crippen molar-refractivity contribution >= 4 is 41.4 Å². The van der Waals surface area contributed by atoms with E-state index in [0.29, 0.717) is 17.7 Å². The number of phenols is 1. The molecule has 0 saturated heterocycles. The number of nitrogens with two attached hydrogens (primary N) is 2. The molecule has 0 radical (unpaired) electrons. The second-order valence-electron chi connectivity index (χ2n) is 9.41. The maximum absolute atomic E-state index is 13.3. The quantitative estimate of drug-likeness (QED) is 0.137. The van der Waals surface area contributed by atoms with Crippen LogP contribution in [0.1, 0.15) is 45.1 Å². The molecule has 0 fully saturated rings. The highest BCUT2D eigenvalue weighted by Crippen LogP contribution is 2.13. The minimum atomic E-state index is -1.37. The van der Waals surface area contributed by atoms with Crippen molar-refractivity contribution in [2.75, 3.05) is 12.0 Å². The Morgan fingerprint density at radius 1 is 0.895 bits per heavy atom. The summed E-state index contributed by atoms with van der Waals surface area (Å²) >= 11 is 1.43. The number of hydrogen-bond donors (Lipinski definition) is 7. The van der Waals surface area contributed by atoms with Crippen LogP contribution in [0.25, 0.3) is 0 Å². The molecule has 0 bridgehead atoms. The van der Waals surface area contributed by atoms with Crippen molar-refractivity contribution in [1.82, 2.24) is 16.0 Å². The highest BCUT2D eigenvalue weighted by Gasteiger charge is 2.30. The number of carboxylic acid groups (broad SMARTS) is 1. The highest BCUT2D eigenvalue weighted by atomic mass is 32.2. The van der Waals surface area contributed by atoms with Gasteiger partial charge in [-0.2, -0.15) is 11.8 Å². The van der Waals surface area contributed by atoms with Crippen LogP contribution < -0.4 is 27.4 Å². The van der Waals surface area contributed by atoms with Crippen molar-refractivity contribution in [3.8, 4) is 5.75 Å². The molecule has 4 amide bonds. The molecule has 0 aromatic heterocycles. The topological polar surface area (TPSA) is 214 Å². The first-order valence-electron chi connectivity index (χ1n) is 12.3. The molecule has 0 aliphatic carbocycles. The lowest BCUT2D eigenvalue weighted by molar-refractivity contribution is -0.142. The third kappa shape index (κ3) is 12.3. The van der Waals surface area contributed by atoms with E-state index >= 15 is 0 Å². The number of carbonyl (C=O) groups excluding carboxylic acids is 4. The first kappa shape index (κ1) is 32.7. The van der Waals surface area contributed by atoms with Gasteiger partial charge in [-0.25, -0.2) is 4.79 Å². The number of benzene rings is 1. The number of carbonyl (C=O) groups is 5. The standard InChI is InChI=1S/C25H39N5O7S/c1-14(2)12-17(26)22(33)30-20(13-15-4-6-16(31)7-5-15)24(35)28-18(10-11-38-3)23(34)29-19(25(36)37)8-9-21(27)32/h4-7,14,17-20,31H,8-13,26H2,1-3H3,(H2,27,32)(H,28,35)(H,29,34)(H,30,33)(H,36,37). The van der Waals surface area contributed by atoms with Crippen LogP contribution >= 0.6 is 11.8 Å². The van der Waals surface area contributed by atoms with Crippen LogP contribution in [0, 0.1) is 5.92 Å². The Morgan fingerprint density at radius 3 is 1.97 bits per heavy atom. The molecule has 4 unspecified atom stereocenters. The Morgan fingerprint density at radius 2 is 1.45 bits per heavy atom. The van der Waals surface area contributed by atoms with Gasteiger partial charge < -0.3 is 37.6 Å². The lowest BCUT2D eigenvalue weighted by Gasteiger charge is -2.25. The third-order valence-corrected chi connectivity index (χ3v) is 6.25. The number of amides is 4. The van der Waals surface area contributed by atoms with E-state index in [0.717, 1.165) is 0 Å². The maximum atomic E-state index is 13.3. The summed E-state index contributed by atoms with van der Waals surface area (Å²) in [5.41, 5.74) is 11.7. The van der Waals surface area contributed by atoms with E-state index < -0.39 is 53.8 Å². The molecule has 1 aromatic rings. The Balaban J connectivity index is 3.11. The zero-order valence-corrected chi connectivity index (χ0v) is 22.8. The van der Waals surface area contributed by atoms with Gasteiger partial charge in [-0.1, -0.05) is 26.0 Å². The number of aromatic hydroxyl groups is 1. The van der Waals surface area contributed by atoms with Crippen molar-refractivity contribution in [2.24, 2.45) is 17.4 Å². The van der Waals surface area contributed by atoms with Crippen LogP contribution in [-0.2, 0) is 30.4 Å².